The minimum atomic E-state index is 0.00634. The van der Waals surface area contributed by atoms with Crippen molar-refractivity contribution in [2.75, 3.05) is 14.2 Å². The number of phenolic OH excluding ortho intramolecular Hbond substituents is 2. The molecule has 0 aliphatic heterocycles. The zero-order valence-electron chi connectivity index (χ0n) is 42.9. The van der Waals surface area contributed by atoms with Gasteiger partial charge in [-0.15, -0.1) is 0 Å². The first-order chi connectivity index (χ1) is 30.0. The van der Waals surface area contributed by atoms with Crippen molar-refractivity contribution < 1.29 is 19.7 Å². The summed E-state index contributed by atoms with van der Waals surface area (Å²) in [5.41, 5.74) is 15.9. The average molecular weight is 865 g/mol. The lowest BCUT2D eigenvalue weighted by Gasteiger charge is -2.17. The Morgan fingerprint density at radius 1 is 0.349 bits per heavy atom. The van der Waals surface area contributed by atoms with E-state index in [2.05, 4.69) is 137 Å². The van der Waals surface area contributed by atoms with E-state index in [0.29, 0.717) is 17.5 Å². The second kappa shape index (κ2) is 33.3. The van der Waals surface area contributed by atoms with E-state index in [1.54, 1.807) is 6.92 Å². The second-order valence-corrected chi connectivity index (χ2v) is 18.7. The van der Waals surface area contributed by atoms with Crippen LogP contribution in [0.3, 0.4) is 0 Å². The third-order valence-electron chi connectivity index (χ3n) is 12.1. The standard InChI is InChI=1S/C59H92O4/c1-44(2)24-15-25-45(3)26-16-27-46(4)28-17-29-47(5)30-18-31-48(6)32-19-33-49(7)34-20-35-50(8)36-21-37-51(9)38-22-39-52(10)40-23-41-53(11)42-43-55-54(12)56(60)58(62-13)59(63-14)57(55)61/h24,26,28,30,32,34,36,38,40,42,60-61H,15-23,25,27,29,31,33,35,37,39,41,43H2,1-14H3/b45-26+,46-28+,47-30-,48-32-,49-34+,50-36-,51-38+,52-40+,53-42+. The molecule has 0 bridgehead atoms. The van der Waals surface area contributed by atoms with Crippen LogP contribution in [-0.2, 0) is 6.42 Å². The van der Waals surface area contributed by atoms with Crippen LogP contribution < -0.4 is 9.47 Å². The Balaban J connectivity index is 2.32. The van der Waals surface area contributed by atoms with Gasteiger partial charge in [-0.2, -0.15) is 0 Å². The topological polar surface area (TPSA) is 58.9 Å². The Hall–Kier alpha value is -4.18. The van der Waals surface area contributed by atoms with E-state index in [0.717, 1.165) is 96.3 Å². The number of rotatable bonds is 31. The molecule has 0 spiro atoms. The molecule has 0 unspecified atom stereocenters. The van der Waals surface area contributed by atoms with Gasteiger partial charge in [0.25, 0.3) is 0 Å². The number of allylic oxidation sites excluding steroid dienone is 20. The Labute approximate surface area is 388 Å². The fraction of sp³-hybridized carbons (Fsp3) is 0.559. The number of aromatic hydroxyl groups is 2. The molecule has 4 heteroatoms. The van der Waals surface area contributed by atoms with Crippen molar-refractivity contribution in [2.45, 2.75) is 205 Å². The molecule has 0 saturated carbocycles. The zero-order chi connectivity index (χ0) is 47.2. The van der Waals surface area contributed by atoms with Gasteiger partial charge in [0, 0.05) is 11.1 Å². The van der Waals surface area contributed by atoms with Gasteiger partial charge in [-0.1, -0.05) is 116 Å². The molecular formula is C59H92O4. The van der Waals surface area contributed by atoms with E-state index in [9.17, 15) is 10.2 Å². The molecule has 0 amide bonds. The molecule has 63 heavy (non-hydrogen) atoms. The summed E-state index contributed by atoms with van der Waals surface area (Å²) in [5.74, 6) is 0.356. The van der Waals surface area contributed by atoms with Crippen LogP contribution in [0.25, 0.3) is 0 Å². The molecule has 352 valence electrons. The van der Waals surface area contributed by atoms with E-state index in [1.165, 1.54) is 89.2 Å². The smallest absolute Gasteiger partial charge is 0.207 e. The minimum Gasteiger partial charge on any atom is -0.504 e. The van der Waals surface area contributed by atoms with Gasteiger partial charge in [-0.3, -0.25) is 0 Å². The predicted octanol–water partition coefficient (Wildman–Crippen LogP) is 18.5. The predicted molar refractivity (Wildman–Crippen MR) is 278 cm³/mol. The van der Waals surface area contributed by atoms with Crippen LogP contribution in [0, 0.1) is 6.92 Å². The average Bonchev–Trinajstić information content (AvgIpc) is 3.21. The van der Waals surface area contributed by atoms with Gasteiger partial charge >= 0.3 is 0 Å². The quantitative estimate of drug-likeness (QED) is 0.0577. The lowest BCUT2D eigenvalue weighted by atomic mass is 9.99. The summed E-state index contributed by atoms with van der Waals surface area (Å²) in [6.07, 6.45) is 44.6. The lowest BCUT2D eigenvalue weighted by Crippen LogP contribution is -1.98. The van der Waals surface area contributed by atoms with Gasteiger partial charge in [0.15, 0.2) is 11.5 Å². The molecule has 0 fully saturated rings. The summed E-state index contributed by atoms with van der Waals surface area (Å²) < 4.78 is 10.5. The molecule has 2 N–H and O–H groups in total. The van der Waals surface area contributed by atoms with Gasteiger partial charge in [0.1, 0.15) is 0 Å². The van der Waals surface area contributed by atoms with Gasteiger partial charge in [-0.25, -0.2) is 0 Å². The van der Waals surface area contributed by atoms with Crippen LogP contribution in [0.1, 0.15) is 203 Å². The molecule has 0 heterocycles. The van der Waals surface area contributed by atoms with Crippen molar-refractivity contribution >= 4 is 0 Å². The van der Waals surface area contributed by atoms with Gasteiger partial charge < -0.3 is 19.7 Å². The Kier molecular flexibility index (Phi) is 30.1. The SMILES string of the molecule is COc1c(O)c(C)c(C/C=C(\C)CC/C=C(\C)CC/C=C(\C)CC/C=C(/C)CC/C=C(\C)CC/C=C(/C)CC/C=C(/C)CC/C=C(\C)CC/C=C(\C)CCC=C(C)C)c(O)c1OC. The number of benzene rings is 1. The Bertz CT molecular complexity index is 1840. The highest BCUT2D eigenvalue weighted by atomic mass is 16.5. The van der Waals surface area contributed by atoms with E-state index in [-0.39, 0.29) is 23.0 Å². The zero-order valence-corrected chi connectivity index (χ0v) is 42.9. The maximum Gasteiger partial charge on any atom is 0.207 e. The normalized spacial score (nSPS) is 14.2. The third kappa shape index (κ3) is 26.3. The first-order valence-electron chi connectivity index (χ1n) is 24.2. The van der Waals surface area contributed by atoms with Crippen LogP contribution >= 0.6 is 0 Å². The number of phenols is 2. The van der Waals surface area contributed by atoms with Crippen molar-refractivity contribution in [1.29, 1.82) is 0 Å². The summed E-state index contributed by atoms with van der Waals surface area (Å²) in [4.78, 5) is 0. The first kappa shape index (κ1) is 56.8. The van der Waals surface area contributed by atoms with Crippen molar-refractivity contribution in [1.82, 2.24) is 0 Å². The van der Waals surface area contributed by atoms with Crippen LogP contribution in [0.15, 0.2) is 116 Å². The molecule has 1 aromatic carbocycles. The molecule has 4 nitrogen and oxygen atoms in total. The number of ether oxygens (including phenoxy) is 2. The highest BCUT2D eigenvalue weighted by molar-refractivity contribution is 5.66. The molecule has 0 aromatic heterocycles. The second-order valence-electron chi connectivity index (χ2n) is 18.7. The van der Waals surface area contributed by atoms with Crippen molar-refractivity contribution in [3.8, 4) is 23.0 Å². The Morgan fingerprint density at radius 2 is 0.571 bits per heavy atom. The molecule has 0 aliphatic rings. The molecule has 1 rings (SSSR count). The summed E-state index contributed by atoms with van der Waals surface area (Å²) in [7, 11) is 2.91. The van der Waals surface area contributed by atoms with Crippen LogP contribution in [-0.4, -0.2) is 24.4 Å². The van der Waals surface area contributed by atoms with Crippen LogP contribution in [0.4, 0.5) is 0 Å². The largest absolute Gasteiger partial charge is 0.504 e. The Morgan fingerprint density at radius 3 is 0.810 bits per heavy atom. The number of methoxy groups -OCH3 is 2. The van der Waals surface area contributed by atoms with E-state index in [4.69, 9.17) is 9.47 Å². The van der Waals surface area contributed by atoms with Crippen molar-refractivity contribution in [3.05, 3.63) is 128 Å². The summed E-state index contributed by atoms with van der Waals surface area (Å²) in [5, 5.41) is 21.3. The minimum absolute atomic E-state index is 0.00634. The van der Waals surface area contributed by atoms with E-state index >= 15 is 0 Å². The fourth-order valence-corrected chi connectivity index (χ4v) is 7.62. The van der Waals surface area contributed by atoms with Gasteiger partial charge in [0.05, 0.1) is 14.2 Å². The summed E-state index contributed by atoms with van der Waals surface area (Å²) in [6.45, 7) is 26.5. The van der Waals surface area contributed by atoms with E-state index < -0.39 is 0 Å². The highest BCUT2D eigenvalue weighted by Crippen LogP contribution is 2.48. The van der Waals surface area contributed by atoms with Crippen molar-refractivity contribution in [3.63, 3.8) is 0 Å². The van der Waals surface area contributed by atoms with Gasteiger partial charge in [-0.05, 0) is 205 Å². The fourth-order valence-electron chi connectivity index (χ4n) is 7.62. The molecule has 1 aromatic rings. The van der Waals surface area contributed by atoms with Crippen molar-refractivity contribution in [2.24, 2.45) is 0 Å². The van der Waals surface area contributed by atoms with E-state index in [1.807, 2.05) is 0 Å². The monoisotopic (exact) mass is 865 g/mol. The molecule has 0 aliphatic carbocycles. The summed E-state index contributed by atoms with van der Waals surface area (Å²) >= 11 is 0. The highest BCUT2D eigenvalue weighted by Gasteiger charge is 2.22. The third-order valence-corrected chi connectivity index (χ3v) is 12.1. The maximum atomic E-state index is 10.7. The molecular weight excluding hydrogens is 773 g/mol. The van der Waals surface area contributed by atoms with Gasteiger partial charge in [0.2, 0.25) is 11.5 Å². The maximum absolute atomic E-state index is 10.7. The lowest BCUT2D eigenvalue weighted by molar-refractivity contribution is 0.314. The molecule has 0 saturated heterocycles. The van der Waals surface area contributed by atoms with Crippen LogP contribution in [0.2, 0.25) is 0 Å². The summed E-state index contributed by atoms with van der Waals surface area (Å²) in [6, 6.07) is 0. The molecule has 0 atom stereocenters. The van der Waals surface area contributed by atoms with Crippen LogP contribution in [0.5, 0.6) is 23.0 Å². The molecule has 0 radical (unpaired) electrons. The number of hydrogen-bond acceptors (Lipinski definition) is 4. The number of hydrogen-bond donors (Lipinski definition) is 2. The first-order valence-corrected chi connectivity index (χ1v) is 24.2.